The molecular formula is C30H34O6. The third-order valence-electron chi connectivity index (χ3n) is 6.94. The van der Waals surface area contributed by atoms with Crippen LogP contribution in [0.3, 0.4) is 0 Å². The molecule has 36 heavy (non-hydrogen) atoms. The number of hydrogen-bond donors (Lipinski definition) is 0. The molecule has 0 N–H and O–H groups in total. The van der Waals surface area contributed by atoms with Gasteiger partial charge >= 0.3 is 0 Å². The Kier molecular flexibility index (Phi) is 7.26. The maximum absolute atomic E-state index is 7.01. The molecule has 2 fully saturated rings. The summed E-state index contributed by atoms with van der Waals surface area (Å²) in [7, 11) is 3.24. The van der Waals surface area contributed by atoms with Crippen LogP contribution in [0.2, 0.25) is 0 Å². The summed E-state index contributed by atoms with van der Waals surface area (Å²) in [5, 5.41) is 0. The van der Waals surface area contributed by atoms with Crippen molar-refractivity contribution in [2.24, 2.45) is 0 Å². The number of fused-ring (bicyclic) bond motifs is 1. The molecule has 3 aromatic carbocycles. The molecule has 0 aliphatic carbocycles. The zero-order chi connectivity index (χ0) is 25.2. The topological polar surface area (TPSA) is 55.4 Å². The first-order valence-electron chi connectivity index (χ1n) is 12.4. The smallest absolute Gasteiger partial charge is 0.186 e. The van der Waals surface area contributed by atoms with Crippen LogP contribution in [0.5, 0.6) is 0 Å². The molecule has 0 unspecified atom stereocenters. The molecule has 2 aliphatic rings. The summed E-state index contributed by atoms with van der Waals surface area (Å²) in [6.45, 7) is 4.05. The molecule has 2 heterocycles. The van der Waals surface area contributed by atoms with Gasteiger partial charge in [0.2, 0.25) is 0 Å². The maximum Gasteiger partial charge on any atom is 0.186 e. The minimum Gasteiger partial charge on any atom is -0.373 e. The Morgan fingerprint density at radius 2 is 1.17 bits per heavy atom. The van der Waals surface area contributed by atoms with Gasteiger partial charge < -0.3 is 28.4 Å². The zero-order valence-corrected chi connectivity index (χ0v) is 21.2. The van der Waals surface area contributed by atoms with Crippen molar-refractivity contribution in [1.82, 2.24) is 0 Å². The van der Waals surface area contributed by atoms with E-state index in [1.165, 1.54) is 0 Å². The van der Waals surface area contributed by atoms with Crippen molar-refractivity contribution in [3.05, 3.63) is 108 Å². The van der Waals surface area contributed by atoms with E-state index in [0.29, 0.717) is 0 Å². The maximum atomic E-state index is 7.01. The van der Waals surface area contributed by atoms with Gasteiger partial charge in [-0.2, -0.15) is 0 Å². The fraction of sp³-hybridized carbons (Fsp3) is 0.400. The Morgan fingerprint density at radius 1 is 0.694 bits per heavy atom. The molecule has 0 spiro atoms. The monoisotopic (exact) mass is 490 g/mol. The molecule has 3 aromatic rings. The fourth-order valence-electron chi connectivity index (χ4n) is 5.39. The molecule has 5 atom stereocenters. The largest absolute Gasteiger partial charge is 0.373 e. The predicted molar refractivity (Wildman–Crippen MR) is 135 cm³/mol. The summed E-state index contributed by atoms with van der Waals surface area (Å²) < 4.78 is 37.3. The second-order valence-electron chi connectivity index (χ2n) is 9.63. The number of benzene rings is 3. The first kappa shape index (κ1) is 25.1. The molecule has 6 heteroatoms. The summed E-state index contributed by atoms with van der Waals surface area (Å²) in [6.07, 6.45) is -2.20. The van der Waals surface area contributed by atoms with Gasteiger partial charge in [-0.05, 0) is 30.5 Å². The molecule has 5 rings (SSSR count). The standard InChI is InChI=1S/C30H34O6/c1-29(2)35-25-24(34-28(32-4)27(31-3)26(25)36-29)20-33-30(21-14-8-5-9-15-21,22-16-10-6-11-17-22)23-18-12-7-13-19-23/h5-19,24-28H,20H2,1-4H3/t24-,25+,26+,27-,28+/m1/s1. The highest BCUT2D eigenvalue weighted by Gasteiger charge is 2.56. The Labute approximate surface area is 213 Å². The summed E-state index contributed by atoms with van der Waals surface area (Å²) in [5.41, 5.74) is 2.21. The van der Waals surface area contributed by atoms with Crippen molar-refractivity contribution in [3.8, 4) is 0 Å². The van der Waals surface area contributed by atoms with Crippen LogP contribution in [-0.4, -0.2) is 57.3 Å². The first-order chi connectivity index (χ1) is 17.5. The normalized spacial score (nSPS) is 27.5. The van der Waals surface area contributed by atoms with E-state index in [-0.39, 0.29) is 18.8 Å². The highest BCUT2D eigenvalue weighted by atomic mass is 16.8. The van der Waals surface area contributed by atoms with E-state index in [9.17, 15) is 0 Å². The predicted octanol–water partition coefficient (Wildman–Crippen LogP) is 4.90. The van der Waals surface area contributed by atoms with Gasteiger partial charge in [-0.1, -0.05) is 91.0 Å². The molecule has 2 saturated heterocycles. The Bertz CT molecular complexity index is 1010. The lowest BCUT2D eigenvalue weighted by Crippen LogP contribution is -2.59. The van der Waals surface area contributed by atoms with Gasteiger partial charge in [0.05, 0.1) is 6.61 Å². The second-order valence-corrected chi connectivity index (χ2v) is 9.63. The Hall–Kier alpha value is -2.58. The van der Waals surface area contributed by atoms with Crippen molar-refractivity contribution in [2.75, 3.05) is 20.8 Å². The van der Waals surface area contributed by atoms with Crippen molar-refractivity contribution in [3.63, 3.8) is 0 Å². The Balaban J connectivity index is 1.55. The minimum atomic E-state index is -0.863. The zero-order valence-electron chi connectivity index (χ0n) is 21.2. The van der Waals surface area contributed by atoms with Gasteiger partial charge in [0.1, 0.15) is 30.0 Å². The molecule has 0 bridgehead atoms. The average molecular weight is 491 g/mol. The van der Waals surface area contributed by atoms with E-state index in [0.717, 1.165) is 16.7 Å². The van der Waals surface area contributed by atoms with Crippen LogP contribution in [0, 0.1) is 0 Å². The number of methoxy groups -OCH3 is 2. The highest BCUT2D eigenvalue weighted by molar-refractivity contribution is 5.47. The SMILES string of the molecule is CO[C@H]1O[C@H](COC(c2ccccc2)(c2ccccc2)c2ccccc2)[C@@H]2OC(C)(C)O[C@@H]2[C@H]1OC. The van der Waals surface area contributed by atoms with Crippen molar-refractivity contribution < 1.29 is 28.4 Å². The molecule has 0 saturated carbocycles. The minimum absolute atomic E-state index is 0.246. The van der Waals surface area contributed by atoms with Gasteiger partial charge in [-0.15, -0.1) is 0 Å². The molecule has 0 radical (unpaired) electrons. The van der Waals surface area contributed by atoms with Gasteiger partial charge in [0.15, 0.2) is 12.1 Å². The highest BCUT2D eigenvalue weighted by Crippen LogP contribution is 2.43. The summed E-state index contributed by atoms with van der Waals surface area (Å²) >= 11 is 0. The lowest BCUT2D eigenvalue weighted by atomic mass is 9.80. The summed E-state index contributed by atoms with van der Waals surface area (Å²) in [5.74, 6) is -0.772. The van der Waals surface area contributed by atoms with Gasteiger partial charge in [0.25, 0.3) is 0 Å². The van der Waals surface area contributed by atoms with Crippen molar-refractivity contribution >= 4 is 0 Å². The van der Waals surface area contributed by atoms with E-state index in [4.69, 9.17) is 28.4 Å². The lowest BCUT2D eigenvalue weighted by Gasteiger charge is -2.43. The molecule has 2 aliphatic heterocycles. The van der Waals surface area contributed by atoms with Crippen LogP contribution < -0.4 is 0 Å². The van der Waals surface area contributed by atoms with Crippen LogP contribution in [0.25, 0.3) is 0 Å². The van der Waals surface area contributed by atoms with Crippen LogP contribution in [0.4, 0.5) is 0 Å². The fourth-order valence-corrected chi connectivity index (χ4v) is 5.39. The van der Waals surface area contributed by atoms with Crippen molar-refractivity contribution in [1.29, 1.82) is 0 Å². The Morgan fingerprint density at radius 3 is 1.61 bits per heavy atom. The molecular weight excluding hydrogens is 456 g/mol. The third-order valence-corrected chi connectivity index (χ3v) is 6.94. The van der Waals surface area contributed by atoms with Crippen LogP contribution >= 0.6 is 0 Å². The average Bonchev–Trinajstić information content (AvgIpc) is 3.25. The van der Waals surface area contributed by atoms with E-state index < -0.39 is 29.9 Å². The van der Waals surface area contributed by atoms with Gasteiger partial charge in [-0.25, -0.2) is 0 Å². The second kappa shape index (κ2) is 10.4. The lowest BCUT2D eigenvalue weighted by molar-refractivity contribution is -0.284. The molecule has 0 aromatic heterocycles. The van der Waals surface area contributed by atoms with Crippen LogP contribution in [0.1, 0.15) is 30.5 Å². The van der Waals surface area contributed by atoms with E-state index in [1.807, 2.05) is 68.4 Å². The number of rotatable bonds is 8. The van der Waals surface area contributed by atoms with Crippen LogP contribution in [0.15, 0.2) is 91.0 Å². The molecule has 190 valence electrons. The molecule has 6 nitrogen and oxygen atoms in total. The van der Waals surface area contributed by atoms with Gasteiger partial charge in [-0.3, -0.25) is 0 Å². The van der Waals surface area contributed by atoms with Crippen LogP contribution in [-0.2, 0) is 34.0 Å². The number of hydrogen-bond acceptors (Lipinski definition) is 6. The summed E-state index contributed by atoms with van der Waals surface area (Å²) in [6, 6.07) is 30.8. The first-order valence-corrected chi connectivity index (χ1v) is 12.4. The molecule has 0 amide bonds. The summed E-state index contributed by atoms with van der Waals surface area (Å²) in [4.78, 5) is 0. The van der Waals surface area contributed by atoms with Crippen molar-refractivity contribution in [2.45, 2.75) is 55.9 Å². The van der Waals surface area contributed by atoms with E-state index >= 15 is 0 Å². The third kappa shape index (κ3) is 4.61. The van der Waals surface area contributed by atoms with E-state index in [2.05, 4.69) is 36.4 Å². The van der Waals surface area contributed by atoms with E-state index in [1.54, 1.807) is 14.2 Å². The van der Waals surface area contributed by atoms with Gasteiger partial charge in [0, 0.05) is 14.2 Å². The number of ether oxygens (including phenoxy) is 6. The quantitative estimate of drug-likeness (QED) is 0.419.